The van der Waals surface area contributed by atoms with Crippen LogP contribution >= 0.6 is 15.9 Å². The molecule has 2 aromatic carbocycles. The van der Waals surface area contributed by atoms with E-state index in [4.69, 9.17) is 25.9 Å². The summed E-state index contributed by atoms with van der Waals surface area (Å²) in [5, 5.41) is 11.5. The van der Waals surface area contributed by atoms with E-state index in [1.165, 1.54) is 7.11 Å². The quantitative estimate of drug-likeness (QED) is 0.554. The lowest BCUT2D eigenvalue weighted by Crippen LogP contribution is -2.32. The molecule has 0 fully saturated rings. The van der Waals surface area contributed by atoms with Gasteiger partial charge in [-0.25, -0.2) is 0 Å². The van der Waals surface area contributed by atoms with Crippen LogP contribution in [0.25, 0.3) is 0 Å². The largest absolute Gasteiger partial charge is 0.493 e. The van der Waals surface area contributed by atoms with Gasteiger partial charge in [-0.1, -0.05) is 40.0 Å². The molecule has 0 saturated carbocycles. The molecule has 0 aromatic heterocycles. The number of nitrogens with one attached hydrogen (secondary N) is 1. The zero-order valence-electron chi connectivity index (χ0n) is 16.0. The Balaban J connectivity index is 1.98. The van der Waals surface area contributed by atoms with Crippen LogP contribution in [0.5, 0.6) is 11.5 Å². The fourth-order valence-electron chi connectivity index (χ4n) is 2.61. The van der Waals surface area contributed by atoms with Crippen molar-refractivity contribution in [3.63, 3.8) is 0 Å². The van der Waals surface area contributed by atoms with Crippen LogP contribution in [-0.2, 0) is 16.0 Å². The van der Waals surface area contributed by atoms with Crippen LogP contribution in [0.1, 0.15) is 17.2 Å². The highest BCUT2D eigenvalue weighted by Gasteiger charge is 2.21. The van der Waals surface area contributed by atoms with Crippen LogP contribution in [0.15, 0.2) is 46.9 Å². The van der Waals surface area contributed by atoms with Gasteiger partial charge in [-0.2, -0.15) is 5.26 Å². The van der Waals surface area contributed by atoms with E-state index >= 15 is 0 Å². The lowest BCUT2D eigenvalue weighted by Gasteiger charge is -2.17. The van der Waals surface area contributed by atoms with Crippen molar-refractivity contribution < 1.29 is 19.0 Å². The van der Waals surface area contributed by atoms with E-state index < -0.39 is 6.10 Å². The molecule has 7 heteroatoms. The summed E-state index contributed by atoms with van der Waals surface area (Å²) in [7, 11) is 1.53. The van der Waals surface area contributed by atoms with E-state index in [-0.39, 0.29) is 19.1 Å². The SMILES string of the molecule is C#CCOC(C(=O)NCCc1ccc(OCC#N)c(OC)c1)c1ccc(Br)cc1. The summed E-state index contributed by atoms with van der Waals surface area (Å²) < 4.78 is 17.1. The summed E-state index contributed by atoms with van der Waals surface area (Å²) in [6, 6.07) is 14.7. The number of hydrogen-bond donors (Lipinski definition) is 1. The number of methoxy groups -OCH3 is 1. The van der Waals surface area contributed by atoms with Crippen LogP contribution in [0.4, 0.5) is 0 Å². The zero-order chi connectivity index (χ0) is 21.1. The van der Waals surface area contributed by atoms with Crippen LogP contribution in [0, 0.1) is 23.7 Å². The van der Waals surface area contributed by atoms with Crippen LogP contribution in [0.2, 0.25) is 0 Å². The van der Waals surface area contributed by atoms with Gasteiger partial charge < -0.3 is 19.5 Å². The maximum atomic E-state index is 12.6. The molecule has 1 atom stereocenters. The second-order valence-electron chi connectivity index (χ2n) is 5.92. The molecule has 0 bridgehead atoms. The van der Waals surface area contributed by atoms with Crippen molar-refractivity contribution in [1.29, 1.82) is 5.26 Å². The molecule has 0 aliphatic heterocycles. The Hall–Kier alpha value is -3.00. The number of amides is 1. The van der Waals surface area contributed by atoms with E-state index in [0.717, 1.165) is 15.6 Å². The van der Waals surface area contributed by atoms with Crippen molar-refractivity contribution >= 4 is 21.8 Å². The predicted molar refractivity (Wildman–Crippen MR) is 112 cm³/mol. The third kappa shape index (κ3) is 6.83. The summed E-state index contributed by atoms with van der Waals surface area (Å²) in [5.41, 5.74) is 1.68. The summed E-state index contributed by atoms with van der Waals surface area (Å²) in [6.45, 7) is 0.392. The van der Waals surface area contributed by atoms with Crippen LogP contribution < -0.4 is 14.8 Å². The van der Waals surface area contributed by atoms with Gasteiger partial charge in [0.25, 0.3) is 5.91 Å². The monoisotopic (exact) mass is 456 g/mol. The van der Waals surface area contributed by atoms with E-state index in [0.29, 0.717) is 24.5 Å². The minimum Gasteiger partial charge on any atom is -0.493 e. The predicted octanol–water partition coefficient (Wildman–Crippen LogP) is 3.41. The van der Waals surface area contributed by atoms with Crippen molar-refractivity contribution in [3.05, 3.63) is 58.1 Å². The molecule has 0 aliphatic carbocycles. The average Bonchev–Trinajstić information content (AvgIpc) is 2.74. The first-order valence-corrected chi connectivity index (χ1v) is 9.63. The van der Waals surface area contributed by atoms with E-state index in [1.54, 1.807) is 6.07 Å². The van der Waals surface area contributed by atoms with Gasteiger partial charge in [0.05, 0.1) is 7.11 Å². The number of ether oxygens (including phenoxy) is 3. The number of nitriles is 1. The first-order chi connectivity index (χ1) is 14.1. The third-order valence-corrected chi connectivity index (χ3v) is 4.51. The molecule has 0 aliphatic rings. The fraction of sp³-hybridized carbons (Fsp3) is 0.273. The first kappa shape index (κ1) is 22.3. The Kier molecular flexibility index (Phi) is 9.04. The molecule has 0 heterocycles. The lowest BCUT2D eigenvalue weighted by atomic mass is 10.1. The van der Waals surface area contributed by atoms with Gasteiger partial charge in [-0.3, -0.25) is 4.79 Å². The molecule has 2 rings (SSSR count). The number of nitrogens with zero attached hydrogens (tertiary/aromatic N) is 1. The van der Waals surface area contributed by atoms with Gasteiger partial charge in [-0.15, -0.1) is 6.42 Å². The normalized spacial score (nSPS) is 11.0. The highest BCUT2D eigenvalue weighted by Crippen LogP contribution is 2.28. The molecule has 29 heavy (non-hydrogen) atoms. The van der Waals surface area contributed by atoms with E-state index in [2.05, 4.69) is 27.2 Å². The second-order valence-corrected chi connectivity index (χ2v) is 6.84. The van der Waals surface area contributed by atoms with Crippen LogP contribution in [0.3, 0.4) is 0 Å². The molecule has 1 unspecified atom stereocenters. The fourth-order valence-corrected chi connectivity index (χ4v) is 2.88. The number of carbonyl (C=O) groups is 1. The zero-order valence-corrected chi connectivity index (χ0v) is 17.6. The highest BCUT2D eigenvalue weighted by molar-refractivity contribution is 9.10. The first-order valence-electron chi connectivity index (χ1n) is 8.84. The van der Waals surface area contributed by atoms with Gasteiger partial charge >= 0.3 is 0 Å². The van der Waals surface area contributed by atoms with Crippen molar-refractivity contribution in [2.45, 2.75) is 12.5 Å². The number of terminal acetylenes is 1. The molecule has 6 nitrogen and oxygen atoms in total. The minimum atomic E-state index is -0.782. The Bertz CT molecular complexity index is 901. The molecule has 1 amide bonds. The van der Waals surface area contributed by atoms with Gasteiger partial charge in [0, 0.05) is 11.0 Å². The Labute approximate surface area is 178 Å². The van der Waals surface area contributed by atoms with Gasteiger partial charge in [0.15, 0.2) is 24.2 Å². The molecule has 0 saturated heterocycles. The molecule has 2 aromatic rings. The molecule has 0 radical (unpaired) electrons. The van der Waals surface area contributed by atoms with E-state index in [1.807, 2.05) is 42.5 Å². The molecule has 1 N–H and O–H groups in total. The summed E-state index contributed by atoms with van der Waals surface area (Å²) in [6.07, 6.45) is 5.08. The summed E-state index contributed by atoms with van der Waals surface area (Å²) in [4.78, 5) is 12.6. The average molecular weight is 457 g/mol. The Morgan fingerprint density at radius 1 is 1.21 bits per heavy atom. The minimum absolute atomic E-state index is 0.0372. The Morgan fingerprint density at radius 2 is 1.97 bits per heavy atom. The summed E-state index contributed by atoms with van der Waals surface area (Å²) in [5.74, 6) is 3.17. The van der Waals surface area contributed by atoms with Crippen molar-refractivity contribution in [2.24, 2.45) is 0 Å². The number of hydrogen-bond acceptors (Lipinski definition) is 5. The standard InChI is InChI=1S/C22H21BrN2O4/c1-3-13-29-21(17-5-7-18(23)8-6-17)22(26)25-12-10-16-4-9-19(28-14-11-24)20(15-16)27-2/h1,4-9,15,21H,10,12-14H2,2H3,(H,25,26). The van der Waals surface area contributed by atoms with Crippen molar-refractivity contribution in [1.82, 2.24) is 5.32 Å². The maximum Gasteiger partial charge on any atom is 0.253 e. The molecular formula is C22H21BrN2O4. The number of carbonyl (C=O) groups excluding carboxylic acids is 1. The molecule has 150 valence electrons. The maximum absolute atomic E-state index is 12.6. The van der Waals surface area contributed by atoms with E-state index in [9.17, 15) is 4.79 Å². The van der Waals surface area contributed by atoms with Gasteiger partial charge in [0.2, 0.25) is 0 Å². The van der Waals surface area contributed by atoms with Gasteiger partial charge in [0.1, 0.15) is 12.7 Å². The smallest absolute Gasteiger partial charge is 0.253 e. The van der Waals surface area contributed by atoms with Gasteiger partial charge in [-0.05, 0) is 41.8 Å². The number of halogens is 1. The van der Waals surface area contributed by atoms with Crippen molar-refractivity contribution in [2.75, 3.05) is 26.9 Å². The molecule has 0 spiro atoms. The number of rotatable bonds is 10. The lowest BCUT2D eigenvalue weighted by molar-refractivity contribution is -0.132. The number of benzene rings is 2. The highest BCUT2D eigenvalue weighted by atomic mass is 79.9. The molecular weight excluding hydrogens is 436 g/mol. The van der Waals surface area contributed by atoms with Crippen molar-refractivity contribution in [3.8, 4) is 29.9 Å². The Morgan fingerprint density at radius 3 is 2.62 bits per heavy atom. The van der Waals surface area contributed by atoms with Crippen LogP contribution in [-0.4, -0.2) is 32.8 Å². The topological polar surface area (TPSA) is 80.6 Å². The third-order valence-electron chi connectivity index (χ3n) is 3.98. The second kappa shape index (κ2) is 11.8. The summed E-state index contributed by atoms with van der Waals surface area (Å²) >= 11 is 3.37.